The maximum Gasteiger partial charge on any atom is 0.288 e. The van der Waals surface area contributed by atoms with Gasteiger partial charge in [0.05, 0.1) is 16.9 Å². The van der Waals surface area contributed by atoms with Crippen LogP contribution in [-0.2, 0) is 6.54 Å². The summed E-state index contributed by atoms with van der Waals surface area (Å²) in [7, 11) is 2.07. The minimum atomic E-state index is -3.25. The summed E-state index contributed by atoms with van der Waals surface area (Å²) in [5.74, 6) is -0.263. The van der Waals surface area contributed by atoms with Crippen LogP contribution in [0.15, 0.2) is 46.3 Å². The summed E-state index contributed by atoms with van der Waals surface area (Å²) in [6.07, 6.45) is -3.98. The van der Waals surface area contributed by atoms with E-state index in [9.17, 15) is 18.0 Å². The van der Waals surface area contributed by atoms with Crippen LogP contribution in [0.1, 0.15) is 34.6 Å². The highest BCUT2D eigenvalue weighted by atomic mass is 32.1. The van der Waals surface area contributed by atoms with Crippen molar-refractivity contribution >= 4 is 33.8 Å². The second-order valence-electron chi connectivity index (χ2n) is 8.74. The molecule has 4 heterocycles. The monoisotopic (exact) mass is 518 g/mol. The van der Waals surface area contributed by atoms with E-state index in [1.165, 1.54) is 11.3 Å². The third-order valence-corrected chi connectivity index (χ3v) is 7.12. The predicted octanol–water partition coefficient (Wildman–Crippen LogP) is 4.92. The fraction of sp³-hybridized carbons (Fsp3) is 0.375. The highest BCUT2D eigenvalue weighted by Gasteiger charge is 2.29. The van der Waals surface area contributed by atoms with E-state index in [4.69, 9.17) is 4.52 Å². The molecule has 1 aliphatic heterocycles. The molecule has 8 nitrogen and oxygen atoms in total. The average Bonchev–Trinajstić information content (AvgIpc) is 3.63. The van der Waals surface area contributed by atoms with Gasteiger partial charge in [0, 0.05) is 17.1 Å². The van der Waals surface area contributed by atoms with Gasteiger partial charge in [-0.3, -0.25) is 4.79 Å². The lowest BCUT2D eigenvalue weighted by molar-refractivity contribution is 0.0113. The highest BCUT2D eigenvalue weighted by molar-refractivity contribution is 7.12. The molecule has 36 heavy (non-hydrogen) atoms. The van der Waals surface area contributed by atoms with Gasteiger partial charge in [0.15, 0.2) is 5.82 Å². The summed E-state index contributed by atoms with van der Waals surface area (Å²) in [5, 5.41) is 12.4. The van der Waals surface area contributed by atoms with Gasteiger partial charge in [-0.25, -0.2) is 13.2 Å². The number of carbonyl (C=O) groups excluding carboxylic acids is 1. The molecule has 3 aromatic heterocycles. The zero-order chi connectivity index (χ0) is 25.2. The van der Waals surface area contributed by atoms with Crippen LogP contribution in [0.2, 0.25) is 0 Å². The number of anilines is 1. The van der Waals surface area contributed by atoms with Gasteiger partial charge in [0.25, 0.3) is 18.2 Å². The number of hydrogen-bond acceptors (Lipinski definition) is 7. The first-order valence-electron chi connectivity index (χ1n) is 11.6. The van der Waals surface area contributed by atoms with E-state index >= 15 is 0 Å². The molecule has 2 N–H and O–H groups in total. The van der Waals surface area contributed by atoms with Crippen LogP contribution < -0.4 is 10.6 Å². The van der Waals surface area contributed by atoms with Crippen molar-refractivity contribution in [3.63, 3.8) is 0 Å². The highest BCUT2D eigenvalue weighted by Crippen LogP contribution is 2.37. The third-order valence-electron chi connectivity index (χ3n) is 6.26. The number of thiophene rings is 1. The average molecular weight is 519 g/mol. The van der Waals surface area contributed by atoms with Crippen molar-refractivity contribution in [2.75, 3.05) is 25.5 Å². The molecule has 1 saturated heterocycles. The third kappa shape index (κ3) is 4.96. The van der Waals surface area contributed by atoms with Crippen LogP contribution in [0.25, 0.3) is 22.5 Å². The van der Waals surface area contributed by atoms with Gasteiger partial charge in [-0.2, -0.15) is 4.98 Å². The number of fused-ring (bicyclic) bond motifs is 1. The van der Waals surface area contributed by atoms with E-state index in [-0.39, 0.29) is 35.9 Å². The van der Waals surface area contributed by atoms with E-state index in [1.807, 2.05) is 6.07 Å². The smallest absolute Gasteiger partial charge is 0.288 e. The van der Waals surface area contributed by atoms with E-state index in [2.05, 4.69) is 32.7 Å². The summed E-state index contributed by atoms with van der Waals surface area (Å²) in [6, 6.07) is 10.4. The maximum atomic E-state index is 14.9. The second-order valence-corrected chi connectivity index (χ2v) is 9.69. The number of nitrogens with zero attached hydrogens (tertiary/aromatic N) is 4. The van der Waals surface area contributed by atoms with Crippen molar-refractivity contribution < 1.29 is 22.5 Å². The number of hydrogen-bond donors (Lipinski definition) is 2. The fourth-order valence-corrected chi connectivity index (χ4v) is 5.02. The molecule has 1 aromatic carbocycles. The standard InChI is InChI=1S/C24H25F3N6O2S/c1-32-9-7-14(8-10-32)29-16-4-2-5-17-15(16)12-18(33(17)22(27)21(25)26)24-30-20(31-35-24)13-28-23(34)19-6-3-11-36-19/h2-6,11-12,14,21-22,29H,7-10,13H2,1H3,(H,28,34). The summed E-state index contributed by atoms with van der Waals surface area (Å²) in [4.78, 5) is 19.2. The van der Waals surface area contributed by atoms with Crippen molar-refractivity contribution in [1.29, 1.82) is 0 Å². The number of nitrogens with one attached hydrogen (secondary N) is 2. The number of rotatable bonds is 8. The number of carbonyl (C=O) groups is 1. The van der Waals surface area contributed by atoms with Gasteiger partial charge in [-0.15, -0.1) is 11.3 Å². The molecule has 12 heteroatoms. The van der Waals surface area contributed by atoms with E-state index in [0.717, 1.165) is 36.2 Å². The molecule has 190 valence electrons. The summed E-state index contributed by atoms with van der Waals surface area (Å²) >= 11 is 1.29. The zero-order valence-corrected chi connectivity index (χ0v) is 20.3. The minimum Gasteiger partial charge on any atom is -0.382 e. The molecule has 1 amide bonds. The van der Waals surface area contributed by atoms with Crippen molar-refractivity contribution in [3.05, 3.63) is 52.5 Å². The van der Waals surface area contributed by atoms with Gasteiger partial charge in [-0.05, 0) is 62.6 Å². The quantitative estimate of drug-likeness (QED) is 0.344. The number of likely N-dealkylation sites (tertiary alicyclic amines) is 1. The largest absolute Gasteiger partial charge is 0.382 e. The van der Waals surface area contributed by atoms with Crippen LogP contribution in [0.3, 0.4) is 0 Å². The molecular weight excluding hydrogens is 493 g/mol. The lowest BCUT2D eigenvalue weighted by Gasteiger charge is -2.30. The molecule has 1 atom stereocenters. The molecule has 0 radical (unpaired) electrons. The molecular formula is C24H25F3N6O2S. The fourth-order valence-electron chi connectivity index (χ4n) is 4.38. The van der Waals surface area contributed by atoms with Crippen LogP contribution in [-0.4, -0.2) is 58.1 Å². The molecule has 4 aromatic rings. The van der Waals surface area contributed by atoms with Gasteiger partial charge in [-0.1, -0.05) is 17.3 Å². The van der Waals surface area contributed by atoms with Crippen LogP contribution >= 0.6 is 11.3 Å². The first-order chi connectivity index (χ1) is 17.4. The Hall–Kier alpha value is -3.38. The molecule has 0 spiro atoms. The van der Waals surface area contributed by atoms with Crippen molar-refractivity contribution in [1.82, 2.24) is 24.9 Å². The van der Waals surface area contributed by atoms with E-state index in [0.29, 0.717) is 15.8 Å². The first-order valence-corrected chi connectivity index (χ1v) is 12.4. The van der Waals surface area contributed by atoms with Crippen LogP contribution in [0, 0.1) is 0 Å². The SMILES string of the molecule is CN1CCC(Nc2cccc3c2cc(-c2nc(CNC(=O)c4cccs4)no2)n3C(F)C(F)F)CC1. The Labute approximate surface area is 209 Å². The first kappa shape index (κ1) is 24.3. The van der Waals surface area contributed by atoms with Gasteiger partial charge in [0.2, 0.25) is 6.30 Å². The Morgan fingerprint density at radius 2 is 2.03 bits per heavy atom. The Morgan fingerprint density at radius 3 is 2.75 bits per heavy atom. The number of amides is 1. The van der Waals surface area contributed by atoms with Gasteiger partial charge < -0.3 is 24.6 Å². The molecule has 1 fully saturated rings. The van der Waals surface area contributed by atoms with Crippen LogP contribution in [0.5, 0.6) is 0 Å². The van der Waals surface area contributed by atoms with Crippen molar-refractivity contribution in [2.24, 2.45) is 0 Å². The number of benzene rings is 1. The molecule has 0 bridgehead atoms. The Bertz CT molecular complexity index is 1330. The summed E-state index contributed by atoms with van der Waals surface area (Å²) in [5.41, 5.74) is 1.06. The molecule has 1 aliphatic rings. The lowest BCUT2D eigenvalue weighted by atomic mass is 10.0. The second kappa shape index (κ2) is 10.3. The zero-order valence-electron chi connectivity index (χ0n) is 19.5. The number of alkyl halides is 3. The Kier molecular flexibility index (Phi) is 6.97. The van der Waals surface area contributed by atoms with Gasteiger partial charge in [0.1, 0.15) is 5.69 Å². The van der Waals surface area contributed by atoms with Crippen molar-refractivity contribution in [2.45, 2.75) is 38.1 Å². The number of aromatic nitrogens is 3. The Morgan fingerprint density at radius 1 is 1.22 bits per heavy atom. The van der Waals surface area contributed by atoms with E-state index < -0.39 is 12.7 Å². The van der Waals surface area contributed by atoms with Crippen LogP contribution in [0.4, 0.5) is 18.9 Å². The molecule has 0 saturated carbocycles. The number of piperidine rings is 1. The normalized spacial score (nSPS) is 16.0. The molecule has 5 rings (SSSR count). The maximum absolute atomic E-state index is 14.9. The molecule has 1 unspecified atom stereocenters. The van der Waals surface area contributed by atoms with Crippen molar-refractivity contribution in [3.8, 4) is 11.6 Å². The Balaban J connectivity index is 1.45. The topological polar surface area (TPSA) is 88.2 Å². The van der Waals surface area contributed by atoms with E-state index in [1.54, 1.807) is 35.7 Å². The number of halogens is 3. The van der Waals surface area contributed by atoms with Gasteiger partial charge >= 0.3 is 0 Å². The summed E-state index contributed by atoms with van der Waals surface area (Å²) in [6.45, 7) is 1.87. The molecule has 0 aliphatic carbocycles. The minimum absolute atomic E-state index is 0.0305. The summed E-state index contributed by atoms with van der Waals surface area (Å²) < 4.78 is 48.1. The predicted molar refractivity (Wildman–Crippen MR) is 131 cm³/mol. The lowest BCUT2D eigenvalue weighted by Crippen LogP contribution is -2.36.